The number of hydrogen-bond acceptors (Lipinski definition) is 5. The zero-order valence-corrected chi connectivity index (χ0v) is 13.5. The Balaban J connectivity index is 1.78. The monoisotopic (exact) mass is 317 g/mol. The van der Waals surface area contributed by atoms with Gasteiger partial charge in [-0.2, -0.15) is 0 Å². The fourth-order valence-corrected chi connectivity index (χ4v) is 3.59. The van der Waals surface area contributed by atoms with Crippen molar-refractivity contribution in [1.29, 1.82) is 0 Å². The molecule has 1 aliphatic heterocycles. The zero-order valence-electron chi connectivity index (χ0n) is 12.7. The quantitative estimate of drug-likeness (QED) is 0.875. The van der Waals surface area contributed by atoms with E-state index in [2.05, 4.69) is 10.2 Å². The highest BCUT2D eigenvalue weighted by atomic mass is 32.2. The highest BCUT2D eigenvalue weighted by molar-refractivity contribution is 8.00. The number of nitrogens with two attached hydrogens (primary N) is 1. The number of thioether (sulfide) groups is 1. The minimum absolute atomic E-state index is 0.112. The van der Waals surface area contributed by atoms with Crippen LogP contribution in [0.5, 0.6) is 0 Å². The van der Waals surface area contributed by atoms with Gasteiger partial charge in [0.2, 0.25) is 11.1 Å². The van der Waals surface area contributed by atoms with Gasteiger partial charge in [-0.1, -0.05) is 29.5 Å². The summed E-state index contributed by atoms with van der Waals surface area (Å²) in [6, 6.07) is 8.05. The van der Waals surface area contributed by atoms with E-state index in [9.17, 15) is 4.79 Å². The van der Waals surface area contributed by atoms with Gasteiger partial charge < -0.3 is 10.7 Å². The topological polar surface area (TPSA) is 77.0 Å². The van der Waals surface area contributed by atoms with Gasteiger partial charge >= 0.3 is 0 Å². The van der Waals surface area contributed by atoms with E-state index in [1.165, 1.54) is 22.0 Å². The molecule has 1 amide bonds. The van der Waals surface area contributed by atoms with Crippen LogP contribution < -0.4 is 10.7 Å². The molecule has 0 unspecified atom stereocenters. The van der Waals surface area contributed by atoms with Gasteiger partial charge in [0.1, 0.15) is 5.82 Å². The molecule has 1 aromatic heterocycles. The van der Waals surface area contributed by atoms with Gasteiger partial charge in [-0.15, -0.1) is 10.2 Å². The number of aryl methyl sites for hydroxylation is 2. The molecule has 7 heteroatoms. The summed E-state index contributed by atoms with van der Waals surface area (Å²) in [4.78, 5) is 14.6. The van der Waals surface area contributed by atoms with Crippen LogP contribution in [0.2, 0.25) is 0 Å². The highest BCUT2D eigenvalue weighted by Crippen LogP contribution is 2.31. The first-order valence-electron chi connectivity index (χ1n) is 7.28. The van der Waals surface area contributed by atoms with Crippen molar-refractivity contribution in [2.75, 3.05) is 17.3 Å². The van der Waals surface area contributed by atoms with E-state index in [1.54, 1.807) is 6.92 Å². The molecule has 1 atom stereocenters. The standard InChI is InChI=1S/C15H19N5OS/c1-10-5-7-12(8-6-10)19-9-3-4-13(14(19)21)22-15-18-17-11(2)20(15)16/h5-8,13H,3-4,9,16H2,1-2H3/t13-/m0/s1. The van der Waals surface area contributed by atoms with E-state index in [1.807, 2.05) is 36.1 Å². The molecule has 2 heterocycles. The van der Waals surface area contributed by atoms with E-state index >= 15 is 0 Å². The Bertz CT molecular complexity index is 682. The van der Waals surface area contributed by atoms with Crippen LogP contribution in [0.4, 0.5) is 5.69 Å². The summed E-state index contributed by atoms with van der Waals surface area (Å²) < 4.78 is 1.43. The van der Waals surface area contributed by atoms with Crippen LogP contribution >= 0.6 is 11.8 Å². The van der Waals surface area contributed by atoms with Crippen molar-refractivity contribution in [1.82, 2.24) is 14.9 Å². The lowest BCUT2D eigenvalue weighted by Gasteiger charge is -2.31. The van der Waals surface area contributed by atoms with Crippen LogP contribution in [0.3, 0.4) is 0 Å². The molecule has 0 bridgehead atoms. The number of piperidine rings is 1. The second-order valence-electron chi connectivity index (χ2n) is 5.47. The maximum Gasteiger partial charge on any atom is 0.240 e. The summed E-state index contributed by atoms with van der Waals surface area (Å²) in [5, 5.41) is 8.39. The molecule has 0 spiro atoms. The number of benzene rings is 1. The maximum atomic E-state index is 12.7. The largest absolute Gasteiger partial charge is 0.336 e. The van der Waals surface area contributed by atoms with Gasteiger partial charge in [0.05, 0.1) is 5.25 Å². The number of aromatic nitrogens is 3. The predicted molar refractivity (Wildman–Crippen MR) is 87.3 cm³/mol. The molecule has 0 aliphatic carbocycles. The highest BCUT2D eigenvalue weighted by Gasteiger charge is 2.31. The molecule has 2 aromatic rings. The minimum Gasteiger partial charge on any atom is -0.336 e. The zero-order chi connectivity index (χ0) is 15.7. The van der Waals surface area contributed by atoms with Gasteiger partial charge in [-0.3, -0.25) is 4.79 Å². The third-order valence-corrected chi connectivity index (χ3v) is 5.03. The Labute approximate surface area is 133 Å². The van der Waals surface area contributed by atoms with Crippen LogP contribution in [0.15, 0.2) is 29.4 Å². The lowest BCUT2D eigenvalue weighted by Crippen LogP contribution is -2.43. The molecular weight excluding hydrogens is 298 g/mol. The SMILES string of the molecule is Cc1ccc(N2CCC[C@H](Sc3nnc(C)n3N)C2=O)cc1. The maximum absolute atomic E-state index is 12.7. The molecule has 1 fully saturated rings. The number of carbonyl (C=O) groups excluding carboxylic acids is 1. The van der Waals surface area contributed by atoms with Crippen LogP contribution in [-0.2, 0) is 4.79 Å². The van der Waals surface area contributed by atoms with Gasteiger partial charge in [-0.05, 0) is 38.8 Å². The number of nitrogens with zero attached hydrogens (tertiary/aromatic N) is 4. The smallest absolute Gasteiger partial charge is 0.240 e. The van der Waals surface area contributed by atoms with Crippen molar-refractivity contribution < 1.29 is 4.79 Å². The first-order chi connectivity index (χ1) is 10.6. The Morgan fingerprint density at radius 3 is 2.59 bits per heavy atom. The van der Waals surface area contributed by atoms with Crippen molar-refractivity contribution in [3.8, 4) is 0 Å². The molecular formula is C15H19N5OS. The Hall–Kier alpha value is -2.02. The van der Waals surface area contributed by atoms with E-state index in [4.69, 9.17) is 5.84 Å². The third kappa shape index (κ3) is 2.81. The summed E-state index contributed by atoms with van der Waals surface area (Å²) in [5.74, 6) is 6.63. The number of nitrogen functional groups attached to an aromatic ring is 1. The second kappa shape index (κ2) is 6.00. The first kappa shape index (κ1) is 14.9. The fourth-order valence-electron chi connectivity index (χ4n) is 2.49. The van der Waals surface area contributed by atoms with E-state index in [0.29, 0.717) is 11.0 Å². The van der Waals surface area contributed by atoms with Crippen molar-refractivity contribution in [3.05, 3.63) is 35.7 Å². The molecule has 1 aliphatic rings. The minimum atomic E-state index is -0.166. The summed E-state index contributed by atoms with van der Waals surface area (Å²) in [6.07, 6.45) is 1.80. The van der Waals surface area contributed by atoms with Crippen LogP contribution in [0.25, 0.3) is 0 Å². The van der Waals surface area contributed by atoms with Crippen molar-refractivity contribution in [2.45, 2.75) is 37.1 Å². The lowest BCUT2D eigenvalue weighted by atomic mass is 10.1. The predicted octanol–water partition coefficient (Wildman–Crippen LogP) is 1.90. The molecule has 6 nitrogen and oxygen atoms in total. The molecule has 22 heavy (non-hydrogen) atoms. The van der Waals surface area contributed by atoms with Gasteiger partial charge in [0.15, 0.2) is 0 Å². The van der Waals surface area contributed by atoms with Gasteiger partial charge in [-0.25, -0.2) is 4.68 Å². The number of carbonyl (C=O) groups is 1. The summed E-state index contributed by atoms with van der Waals surface area (Å²) in [6.45, 7) is 4.59. The van der Waals surface area contributed by atoms with Crippen LogP contribution in [-0.4, -0.2) is 32.6 Å². The average Bonchev–Trinajstić information content (AvgIpc) is 2.82. The van der Waals surface area contributed by atoms with Gasteiger partial charge in [0, 0.05) is 12.2 Å². The fraction of sp³-hybridized carbons (Fsp3) is 0.400. The van der Waals surface area contributed by atoms with E-state index < -0.39 is 0 Å². The molecule has 1 saturated heterocycles. The summed E-state index contributed by atoms with van der Waals surface area (Å²) >= 11 is 1.39. The third-order valence-electron chi connectivity index (χ3n) is 3.82. The van der Waals surface area contributed by atoms with E-state index in [0.717, 1.165) is 25.1 Å². The van der Waals surface area contributed by atoms with Crippen LogP contribution in [0, 0.1) is 13.8 Å². The molecule has 1 aromatic carbocycles. The lowest BCUT2D eigenvalue weighted by molar-refractivity contribution is -0.119. The Morgan fingerprint density at radius 2 is 1.95 bits per heavy atom. The van der Waals surface area contributed by atoms with Gasteiger partial charge in [0.25, 0.3) is 0 Å². The van der Waals surface area contributed by atoms with Crippen molar-refractivity contribution >= 4 is 23.4 Å². The summed E-state index contributed by atoms with van der Waals surface area (Å²) in [7, 11) is 0. The van der Waals surface area contributed by atoms with Crippen LogP contribution in [0.1, 0.15) is 24.2 Å². The van der Waals surface area contributed by atoms with Crippen molar-refractivity contribution in [3.63, 3.8) is 0 Å². The number of anilines is 1. The number of hydrogen-bond donors (Lipinski definition) is 1. The number of rotatable bonds is 3. The normalized spacial score (nSPS) is 18.7. The summed E-state index contributed by atoms with van der Waals surface area (Å²) in [5.41, 5.74) is 2.14. The number of amides is 1. The second-order valence-corrected chi connectivity index (χ2v) is 6.64. The van der Waals surface area contributed by atoms with Crippen molar-refractivity contribution in [2.24, 2.45) is 0 Å². The molecule has 3 rings (SSSR count). The first-order valence-corrected chi connectivity index (χ1v) is 8.16. The Kier molecular flexibility index (Phi) is 4.06. The molecule has 0 radical (unpaired) electrons. The molecule has 0 saturated carbocycles. The van der Waals surface area contributed by atoms with E-state index in [-0.39, 0.29) is 11.2 Å². The molecule has 116 valence electrons. The average molecular weight is 317 g/mol. The molecule has 2 N–H and O–H groups in total. The Morgan fingerprint density at radius 1 is 1.23 bits per heavy atom.